The van der Waals surface area contributed by atoms with Gasteiger partial charge < -0.3 is 10.1 Å². The predicted octanol–water partition coefficient (Wildman–Crippen LogP) is 3.02. The first kappa shape index (κ1) is 12.2. The molecule has 0 amide bonds. The molecule has 1 aromatic carbocycles. The Labute approximate surface area is 104 Å². The summed E-state index contributed by atoms with van der Waals surface area (Å²) in [4.78, 5) is 0. The monoisotopic (exact) mass is 231 g/mol. The third-order valence-electron chi connectivity index (χ3n) is 3.14. The van der Waals surface area contributed by atoms with E-state index in [-0.39, 0.29) is 5.60 Å². The van der Waals surface area contributed by atoms with Gasteiger partial charge in [-0.15, -0.1) is 0 Å². The number of nitrogens with one attached hydrogen (secondary N) is 1. The SMILES string of the molecule is CNC(C)/C=C/c1cccc2c1OC(C)(C)C2. The number of likely N-dealkylation sites (N-methyl/N-ethyl adjacent to an activating group) is 1. The molecule has 0 saturated heterocycles. The van der Waals surface area contributed by atoms with Crippen molar-refractivity contribution in [3.8, 4) is 5.75 Å². The van der Waals surface area contributed by atoms with Gasteiger partial charge in [-0.2, -0.15) is 0 Å². The van der Waals surface area contributed by atoms with E-state index in [0.29, 0.717) is 6.04 Å². The third-order valence-corrected chi connectivity index (χ3v) is 3.14. The molecule has 0 aromatic heterocycles. The second-order valence-electron chi connectivity index (χ2n) is 5.31. The molecule has 0 saturated carbocycles. The van der Waals surface area contributed by atoms with Crippen molar-refractivity contribution in [2.75, 3.05) is 7.05 Å². The Kier molecular flexibility index (Phi) is 3.25. The van der Waals surface area contributed by atoms with Crippen LogP contribution in [0.5, 0.6) is 5.75 Å². The summed E-state index contributed by atoms with van der Waals surface area (Å²) >= 11 is 0. The number of para-hydroxylation sites is 1. The van der Waals surface area contributed by atoms with Gasteiger partial charge in [0.25, 0.3) is 0 Å². The topological polar surface area (TPSA) is 21.3 Å². The summed E-state index contributed by atoms with van der Waals surface area (Å²) in [6, 6.07) is 6.75. The van der Waals surface area contributed by atoms with Crippen LogP contribution < -0.4 is 10.1 Å². The highest BCUT2D eigenvalue weighted by Gasteiger charge is 2.30. The van der Waals surface area contributed by atoms with Gasteiger partial charge in [0.15, 0.2) is 0 Å². The lowest BCUT2D eigenvalue weighted by Gasteiger charge is -2.17. The molecule has 1 unspecified atom stereocenters. The first-order valence-corrected chi connectivity index (χ1v) is 6.18. The molecule has 0 aliphatic carbocycles. The van der Waals surface area contributed by atoms with Gasteiger partial charge in [-0.3, -0.25) is 0 Å². The van der Waals surface area contributed by atoms with Crippen molar-refractivity contribution in [3.05, 3.63) is 35.4 Å². The van der Waals surface area contributed by atoms with Gasteiger partial charge in [0.05, 0.1) is 0 Å². The van der Waals surface area contributed by atoms with Gasteiger partial charge >= 0.3 is 0 Å². The Morgan fingerprint density at radius 2 is 2.18 bits per heavy atom. The first-order valence-electron chi connectivity index (χ1n) is 6.18. The third kappa shape index (κ3) is 2.70. The quantitative estimate of drug-likeness (QED) is 0.863. The maximum atomic E-state index is 6.02. The summed E-state index contributed by atoms with van der Waals surface area (Å²) in [5.41, 5.74) is 2.42. The Bertz CT molecular complexity index is 435. The lowest BCUT2D eigenvalue weighted by molar-refractivity contribution is 0.138. The van der Waals surface area contributed by atoms with Crippen molar-refractivity contribution >= 4 is 6.08 Å². The van der Waals surface area contributed by atoms with E-state index >= 15 is 0 Å². The molecule has 1 aliphatic heterocycles. The lowest BCUT2D eigenvalue weighted by atomic mass is 10.0. The summed E-state index contributed by atoms with van der Waals surface area (Å²) in [6.07, 6.45) is 5.29. The second-order valence-corrected chi connectivity index (χ2v) is 5.31. The molecule has 0 radical (unpaired) electrons. The van der Waals surface area contributed by atoms with Crippen LogP contribution in [0.2, 0.25) is 0 Å². The molecule has 92 valence electrons. The minimum atomic E-state index is -0.0686. The minimum absolute atomic E-state index is 0.0686. The summed E-state index contributed by atoms with van der Waals surface area (Å²) in [7, 11) is 1.96. The molecule has 0 spiro atoms. The number of hydrogen-bond acceptors (Lipinski definition) is 2. The van der Waals surface area contributed by atoms with Crippen molar-refractivity contribution in [2.45, 2.75) is 38.8 Å². The Balaban J connectivity index is 2.27. The zero-order valence-electron chi connectivity index (χ0n) is 11.1. The molecular formula is C15H21NO. The molecule has 1 heterocycles. The lowest BCUT2D eigenvalue weighted by Crippen LogP contribution is -2.24. The van der Waals surface area contributed by atoms with E-state index in [0.717, 1.165) is 12.2 Å². The largest absolute Gasteiger partial charge is 0.487 e. The van der Waals surface area contributed by atoms with Crippen molar-refractivity contribution in [2.24, 2.45) is 0 Å². The Morgan fingerprint density at radius 1 is 1.41 bits per heavy atom. The standard InChI is InChI=1S/C15H21NO/c1-11(16-4)8-9-12-6-5-7-13-10-15(2,3)17-14(12)13/h5-9,11,16H,10H2,1-4H3/b9-8+. The molecule has 17 heavy (non-hydrogen) atoms. The maximum Gasteiger partial charge on any atom is 0.130 e. The van der Waals surface area contributed by atoms with E-state index in [1.54, 1.807) is 0 Å². The van der Waals surface area contributed by atoms with Crippen LogP contribution in [0, 0.1) is 0 Å². The van der Waals surface area contributed by atoms with Gasteiger partial charge in [-0.25, -0.2) is 0 Å². The maximum absolute atomic E-state index is 6.02. The van der Waals surface area contributed by atoms with Crippen LogP contribution in [-0.4, -0.2) is 18.7 Å². The van der Waals surface area contributed by atoms with E-state index in [1.165, 1.54) is 11.1 Å². The van der Waals surface area contributed by atoms with Crippen molar-refractivity contribution < 1.29 is 4.74 Å². The number of fused-ring (bicyclic) bond motifs is 1. The number of benzene rings is 1. The van der Waals surface area contributed by atoms with E-state index in [1.807, 2.05) is 7.05 Å². The van der Waals surface area contributed by atoms with Gasteiger partial charge in [0.1, 0.15) is 11.4 Å². The zero-order valence-corrected chi connectivity index (χ0v) is 11.1. The van der Waals surface area contributed by atoms with E-state index in [4.69, 9.17) is 4.74 Å². The van der Waals surface area contributed by atoms with Crippen molar-refractivity contribution in [3.63, 3.8) is 0 Å². The Hall–Kier alpha value is -1.28. The number of rotatable bonds is 3. The van der Waals surface area contributed by atoms with Crippen LogP contribution in [0.15, 0.2) is 24.3 Å². The van der Waals surface area contributed by atoms with E-state index < -0.39 is 0 Å². The van der Waals surface area contributed by atoms with Crippen LogP contribution in [0.1, 0.15) is 31.9 Å². The van der Waals surface area contributed by atoms with Crippen molar-refractivity contribution in [1.29, 1.82) is 0 Å². The normalized spacial score (nSPS) is 19.1. The molecule has 2 rings (SSSR count). The smallest absolute Gasteiger partial charge is 0.130 e. The summed E-state index contributed by atoms with van der Waals surface area (Å²) in [5, 5.41) is 3.19. The summed E-state index contributed by atoms with van der Waals surface area (Å²) in [6.45, 7) is 6.40. The predicted molar refractivity (Wildman–Crippen MR) is 72.4 cm³/mol. The van der Waals surface area contributed by atoms with Gasteiger partial charge in [-0.05, 0) is 33.4 Å². The number of hydrogen-bond donors (Lipinski definition) is 1. The molecule has 0 bridgehead atoms. The molecule has 0 fully saturated rings. The highest BCUT2D eigenvalue weighted by molar-refractivity contribution is 5.62. The molecule has 1 N–H and O–H groups in total. The second kappa shape index (κ2) is 4.53. The molecule has 2 heteroatoms. The van der Waals surface area contributed by atoms with E-state index in [9.17, 15) is 0 Å². The Morgan fingerprint density at radius 3 is 2.88 bits per heavy atom. The molecule has 1 atom stereocenters. The average Bonchev–Trinajstić information content (AvgIpc) is 2.60. The molecule has 1 aromatic rings. The highest BCUT2D eigenvalue weighted by Crippen LogP contribution is 2.38. The van der Waals surface area contributed by atoms with Gasteiger partial charge in [0, 0.05) is 18.0 Å². The first-order chi connectivity index (χ1) is 8.02. The zero-order chi connectivity index (χ0) is 12.5. The molecule has 2 nitrogen and oxygen atoms in total. The van der Waals surface area contributed by atoms with Crippen molar-refractivity contribution in [1.82, 2.24) is 5.32 Å². The van der Waals surface area contributed by atoms with Crippen LogP contribution >= 0.6 is 0 Å². The molecular weight excluding hydrogens is 210 g/mol. The van der Waals surface area contributed by atoms with Crippen LogP contribution in [0.3, 0.4) is 0 Å². The van der Waals surface area contributed by atoms with Crippen LogP contribution in [0.25, 0.3) is 6.08 Å². The van der Waals surface area contributed by atoms with Gasteiger partial charge in [-0.1, -0.05) is 30.4 Å². The fraction of sp³-hybridized carbons (Fsp3) is 0.467. The van der Waals surface area contributed by atoms with Crippen LogP contribution in [0.4, 0.5) is 0 Å². The van der Waals surface area contributed by atoms with Gasteiger partial charge in [0.2, 0.25) is 0 Å². The minimum Gasteiger partial charge on any atom is -0.487 e. The average molecular weight is 231 g/mol. The van der Waals surface area contributed by atoms with Crippen LogP contribution in [-0.2, 0) is 6.42 Å². The van der Waals surface area contributed by atoms with E-state index in [2.05, 4.69) is 56.4 Å². The number of ether oxygens (including phenoxy) is 1. The summed E-state index contributed by atoms with van der Waals surface area (Å²) in [5.74, 6) is 1.05. The molecule has 1 aliphatic rings. The fourth-order valence-electron chi connectivity index (χ4n) is 2.11. The fourth-order valence-corrected chi connectivity index (χ4v) is 2.11. The summed E-state index contributed by atoms with van der Waals surface area (Å²) < 4.78 is 6.02. The highest BCUT2D eigenvalue weighted by atomic mass is 16.5.